The van der Waals surface area contributed by atoms with Crippen LogP contribution < -0.4 is 5.73 Å². The van der Waals surface area contributed by atoms with Crippen LogP contribution >= 0.6 is 0 Å². The molecule has 0 aliphatic heterocycles. The van der Waals surface area contributed by atoms with Crippen LogP contribution in [-0.2, 0) is 0 Å². The van der Waals surface area contributed by atoms with Crippen molar-refractivity contribution >= 4 is 0 Å². The Balaban J connectivity index is 3.15. The summed E-state index contributed by atoms with van der Waals surface area (Å²) in [6, 6.07) is 0. The number of hydrogen-bond acceptors (Lipinski definition) is 1. The predicted molar refractivity (Wildman–Crippen MR) is 34.3 cm³/mol. The van der Waals surface area contributed by atoms with Gasteiger partial charge >= 0.3 is 0 Å². The van der Waals surface area contributed by atoms with E-state index in [2.05, 4.69) is 11.8 Å². The summed E-state index contributed by atoms with van der Waals surface area (Å²) in [5.74, 6) is 5.48. The Morgan fingerprint density at radius 3 is 2.38 bits per heavy atom. The summed E-state index contributed by atoms with van der Waals surface area (Å²) in [6.45, 7) is 0.979. The van der Waals surface area contributed by atoms with Crippen molar-refractivity contribution in [2.75, 3.05) is 27.2 Å². The predicted octanol–water partition coefficient (Wildman–Crippen LogP) is -0.166. The molecule has 45 valence electrons. The largest absolute Gasteiger partial charge is 0.299 e. The van der Waals surface area contributed by atoms with E-state index in [0.717, 1.165) is 6.54 Å². The van der Waals surface area contributed by atoms with Crippen molar-refractivity contribution < 1.29 is 0 Å². The molecule has 0 fully saturated rings. The van der Waals surface area contributed by atoms with Crippen molar-refractivity contribution in [3.05, 3.63) is 0 Å². The zero-order chi connectivity index (χ0) is 6.41. The average molecular weight is 111 g/mol. The maximum absolute atomic E-state index is 6.65. The molecule has 0 aromatic carbocycles. The molecular formula is C6H11N2. The van der Waals surface area contributed by atoms with Gasteiger partial charge in [0.25, 0.3) is 0 Å². The van der Waals surface area contributed by atoms with Crippen molar-refractivity contribution in [3.63, 3.8) is 0 Å². The number of nitrogens with zero attached hydrogens (tertiary/aromatic N) is 1. The Labute approximate surface area is 50.7 Å². The lowest BCUT2D eigenvalue weighted by Crippen LogP contribution is -2.10. The molecule has 0 bridgehead atoms. The molecule has 0 aliphatic rings. The van der Waals surface area contributed by atoms with Gasteiger partial charge in [0.1, 0.15) is 0 Å². The highest BCUT2D eigenvalue weighted by atomic mass is 15.0. The van der Waals surface area contributed by atoms with Crippen LogP contribution in [0.1, 0.15) is 0 Å². The fourth-order valence-electron chi connectivity index (χ4n) is 0.277. The fraction of sp³-hybridized carbons (Fsp3) is 0.667. The summed E-state index contributed by atoms with van der Waals surface area (Å²) in [5.41, 5.74) is 6.65. The molecule has 0 amide bonds. The Bertz CT molecular complexity index is 96.8. The quantitative estimate of drug-likeness (QED) is 0.432. The van der Waals surface area contributed by atoms with Crippen LogP contribution in [0.3, 0.4) is 0 Å². The van der Waals surface area contributed by atoms with Crippen LogP contribution in [0.15, 0.2) is 0 Å². The Morgan fingerprint density at radius 2 is 2.00 bits per heavy atom. The molecule has 0 aliphatic carbocycles. The fourth-order valence-corrected chi connectivity index (χ4v) is 0.277. The van der Waals surface area contributed by atoms with E-state index in [-0.39, 0.29) is 6.54 Å². The van der Waals surface area contributed by atoms with Crippen molar-refractivity contribution in [2.24, 2.45) is 0 Å². The molecule has 0 unspecified atom stereocenters. The zero-order valence-electron chi connectivity index (χ0n) is 5.36. The Kier molecular flexibility index (Phi) is 4.33. The van der Waals surface area contributed by atoms with Crippen LogP contribution in [-0.4, -0.2) is 32.1 Å². The highest BCUT2D eigenvalue weighted by Crippen LogP contribution is 1.67. The zero-order valence-corrected chi connectivity index (χ0v) is 5.36. The van der Waals surface area contributed by atoms with Gasteiger partial charge in [0.05, 0.1) is 13.1 Å². The highest BCUT2D eigenvalue weighted by molar-refractivity contribution is 5.01. The molecule has 0 heterocycles. The lowest BCUT2D eigenvalue weighted by atomic mass is 10.5. The molecule has 2 heteroatoms. The van der Waals surface area contributed by atoms with Gasteiger partial charge in [-0.15, -0.1) is 0 Å². The van der Waals surface area contributed by atoms with E-state index in [9.17, 15) is 0 Å². The van der Waals surface area contributed by atoms with E-state index < -0.39 is 0 Å². The standard InChI is InChI=1S/C6H11N2/c1-8(2)6-4-3-5-7/h7H,5-6H2,1-2H3. The van der Waals surface area contributed by atoms with E-state index >= 15 is 0 Å². The van der Waals surface area contributed by atoms with E-state index in [4.69, 9.17) is 5.73 Å². The van der Waals surface area contributed by atoms with Gasteiger partial charge in [0, 0.05) is 0 Å². The highest BCUT2D eigenvalue weighted by Gasteiger charge is 1.77. The number of hydrogen-bond donors (Lipinski definition) is 0. The van der Waals surface area contributed by atoms with Crippen molar-refractivity contribution in [1.82, 2.24) is 10.6 Å². The van der Waals surface area contributed by atoms with Crippen LogP contribution in [0.4, 0.5) is 0 Å². The Morgan fingerprint density at radius 1 is 1.38 bits per heavy atom. The Hall–Kier alpha value is -0.520. The van der Waals surface area contributed by atoms with Gasteiger partial charge in [-0.3, -0.25) is 4.90 Å². The second-order valence-corrected chi connectivity index (χ2v) is 1.77. The summed E-state index contributed by atoms with van der Waals surface area (Å²) in [4.78, 5) is 1.97. The first-order chi connectivity index (χ1) is 3.77. The van der Waals surface area contributed by atoms with E-state index in [0.29, 0.717) is 0 Å². The average Bonchev–Trinajstić information content (AvgIpc) is 1.66. The van der Waals surface area contributed by atoms with Crippen molar-refractivity contribution in [2.45, 2.75) is 0 Å². The van der Waals surface area contributed by atoms with Crippen molar-refractivity contribution in [1.29, 1.82) is 0 Å². The molecule has 0 saturated heterocycles. The molecular weight excluding hydrogens is 100 g/mol. The maximum atomic E-state index is 6.65. The van der Waals surface area contributed by atoms with E-state index in [1.54, 1.807) is 0 Å². The third-order valence-electron chi connectivity index (χ3n) is 0.609. The van der Waals surface area contributed by atoms with Crippen LogP contribution in [0.5, 0.6) is 0 Å². The summed E-state index contributed by atoms with van der Waals surface area (Å²) in [7, 11) is 3.91. The second-order valence-electron chi connectivity index (χ2n) is 1.77. The van der Waals surface area contributed by atoms with Crippen LogP contribution in [0.2, 0.25) is 0 Å². The molecule has 0 aromatic rings. The van der Waals surface area contributed by atoms with Crippen molar-refractivity contribution in [3.8, 4) is 11.8 Å². The van der Waals surface area contributed by atoms with Crippen LogP contribution in [0.25, 0.3) is 0 Å². The minimum absolute atomic E-state index is 0.216. The molecule has 0 saturated carbocycles. The van der Waals surface area contributed by atoms with Gasteiger partial charge in [-0.05, 0) is 14.1 Å². The van der Waals surface area contributed by atoms with E-state index in [1.807, 2.05) is 19.0 Å². The molecule has 1 N–H and O–H groups in total. The molecule has 0 atom stereocenters. The lowest BCUT2D eigenvalue weighted by Gasteiger charge is -2.00. The smallest absolute Gasteiger partial charge is 0.0712 e. The molecule has 0 aromatic heterocycles. The molecule has 8 heavy (non-hydrogen) atoms. The first kappa shape index (κ1) is 7.48. The third kappa shape index (κ3) is 5.48. The summed E-state index contributed by atoms with van der Waals surface area (Å²) in [6.07, 6.45) is 0. The van der Waals surface area contributed by atoms with Gasteiger partial charge in [0.15, 0.2) is 0 Å². The van der Waals surface area contributed by atoms with Gasteiger partial charge in [-0.25, -0.2) is 5.73 Å². The summed E-state index contributed by atoms with van der Waals surface area (Å²) < 4.78 is 0. The monoisotopic (exact) mass is 111 g/mol. The molecule has 1 radical (unpaired) electrons. The lowest BCUT2D eigenvalue weighted by molar-refractivity contribution is 0.464. The summed E-state index contributed by atoms with van der Waals surface area (Å²) >= 11 is 0. The second kappa shape index (κ2) is 4.63. The molecule has 0 spiro atoms. The maximum Gasteiger partial charge on any atom is 0.0712 e. The van der Waals surface area contributed by atoms with E-state index in [1.165, 1.54) is 0 Å². The van der Waals surface area contributed by atoms with Gasteiger partial charge in [0.2, 0.25) is 0 Å². The number of rotatable bonds is 1. The molecule has 0 rings (SSSR count). The topological polar surface area (TPSA) is 27.0 Å². The normalized spacial score (nSPS) is 8.50. The summed E-state index contributed by atoms with van der Waals surface area (Å²) in [5, 5.41) is 0. The van der Waals surface area contributed by atoms with Gasteiger partial charge in [-0.2, -0.15) is 0 Å². The third-order valence-corrected chi connectivity index (χ3v) is 0.609. The minimum Gasteiger partial charge on any atom is -0.299 e. The molecule has 2 nitrogen and oxygen atoms in total. The minimum atomic E-state index is 0.216. The first-order valence-electron chi connectivity index (χ1n) is 2.52. The SMILES string of the molecule is CN(C)CC#CC[NH]. The first-order valence-corrected chi connectivity index (χ1v) is 2.52. The number of nitrogens with one attached hydrogen (secondary N) is 1. The van der Waals surface area contributed by atoms with Gasteiger partial charge in [-0.1, -0.05) is 11.8 Å². The van der Waals surface area contributed by atoms with Crippen LogP contribution in [0, 0.1) is 11.8 Å². The van der Waals surface area contributed by atoms with Gasteiger partial charge < -0.3 is 0 Å².